The lowest BCUT2D eigenvalue weighted by atomic mass is 10.1. The number of aliphatic hydroxyl groups is 1. The molecule has 0 spiro atoms. The number of aliphatic hydroxyl groups excluding tert-OH is 1. The summed E-state index contributed by atoms with van der Waals surface area (Å²) in [5.41, 5.74) is -1.77. The van der Waals surface area contributed by atoms with Gasteiger partial charge < -0.3 is 20.8 Å². The Bertz CT molecular complexity index is 551. The molecule has 1 aromatic carbocycles. The molecule has 4 N–H and O–H groups in total. The Hall–Kier alpha value is -2.00. The number of aliphatic carboxylic acids is 1. The number of carboxylic acid groups (broad SMARTS) is 1. The van der Waals surface area contributed by atoms with Gasteiger partial charge in [-0.1, -0.05) is 11.6 Å². The van der Waals surface area contributed by atoms with Crippen molar-refractivity contribution in [3.63, 3.8) is 0 Å². The maximum absolute atomic E-state index is 12.8. The van der Waals surface area contributed by atoms with E-state index in [4.69, 9.17) is 21.8 Å². The topological polar surface area (TPSA) is 98.7 Å². The molecule has 0 aliphatic heterocycles. The van der Waals surface area contributed by atoms with E-state index in [0.29, 0.717) is 6.07 Å². The van der Waals surface area contributed by atoms with Gasteiger partial charge in [-0.15, -0.1) is 0 Å². The third-order valence-corrected chi connectivity index (χ3v) is 2.56. The highest BCUT2D eigenvalue weighted by Gasteiger charge is 2.34. The number of urea groups is 1. The van der Waals surface area contributed by atoms with E-state index < -0.39 is 42.1 Å². The fraction of sp³-hybridized carbons (Fsp3) is 0.273. The number of rotatable bonds is 4. The number of carbonyl (C=O) groups is 2. The lowest BCUT2D eigenvalue weighted by molar-refractivity contribution is -0.140. The molecular weight excluding hydrogens is 317 g/mol. The first-order chi connectivity index (χ1) is 9.65. The van der Waals surface area contributed by atoms with Crippen LogP contribution in [0.1, 0.15) is 5.56 Å². The molecule has 10 heteroatoms. The number of nitrogens with one attached hydrogen (secondary N) is 2. The predicted molar refractivity (Wildman–Crippen MR) is 67.1 cm³/mol. The van der Waals surface area contributed by atoms with Crippen molar-refractivity contribution in [1.82, 2.24) is 5.32 Å². The Labute approximate surface area is 121 Å². The molecule has 1 aromatic rings. The number of halogens is 4. The molecular formula is C11H10ClF3N2O4. The highest BCUT2D eigenvalue weighted by molar-refractivity contribution is 6.30. The molecule has 116 valence electrons. The Kier molecular flexibility index (Phi) is 5.39. The number of carbonyl (C=O) groups excluding carboxylic acids is 1. The predicted octanol–water partition coefficient (Wildman–Crippen LogP) is 1.93. The molecule has 0 radical (unpaired) electrons. The molecule has 0 heterocycles. The monoisotopic (exact) mass is 326 g/mol. The van der Waals surface area contributed by atoms with Gasteiger partial charge in [-0.25, -0.2) is 9.59 Å². The van der Waals surface area contributed by atoms with E-state index >= 15 is 0 Å². The van der Waals surface area contributed by atoms with Gasteiger partial charge in [0.15, 0.2) is 6.04 Å². The van der Waals surface area contributed by atoms with E-state index in [2.05, 4.69) is 0 Å². The molecule has 0 unspecified atom stereocenters. The van der Waals surface area contributed by atoms with Crippen molar-refractivity contribution < 1.29 is 33.0 Å². The summed E-state index contributed by atoms with van der Waals surface area (Å²) in [6.07, 6.45) is -4.75. The van der Waals surface area contributed by atoms with Crippen LogP contribution in [0.4, 0.5) is 23.7 Å². The SMILES string of the molecule is O=C(Nc1ccc(Cl)cc1C(F)(F)F)N[C@@H](CO)C(=O)O. The van der Waals surface area contributed by atoms with Crippen LogP contribution < -0.4 is 10.6 Å². The maximum atomic E-state index is 12.8. The third kappa shape index (κ3) is 4.80. The van der Waals surface area contributed by atoms with Crippen molar-refractivity contribution >= 4 is 29.3 Å². The zero-order chi connectivity index (χ0) is 16.2. The summed E-state index contributed by atoms with van der Waals surface area (Å²) in [5.74, 6) is -1.53. The lowest BCUT2D eigenvalue weighted by Gasteiger charge is -2.16. The number of benzene rings is 1. The minimum absolute atomic E-state index is 0.174. The molecule has 0 aromatic heterocycles. The highest BCUT2D eigenvalue weighted by Crippen LogP contribution is 2.36. The number of alkyl halides is 3. The van der Waals surface area contributed by atoms with E-state index in [1.165, 1.54) is 0 Å². The number of hydrogen-bond donors (Lipinski definition) is 4. The molecule has 0 fully saturated rings. The minimum atomic E-state index is -4.75. The molecule has 0 aliphatic rings. The summed E-state index contributed by atoms with van der Waals surface area (Å²) in [6.45, 7) is -0.907. The molecule has 1 atom stereocenters. The van der Waals surface area contributed by atoms with Crippen LogP contribution in [0.2, 0.25) is 5.02 Å². The molecule has 6 nitrogen and oxygen atoms in total. The van der Waals surface area contributed by atoms with Gasteiger partial charge in [0.05, 0.1) is 17.9 Å². The van der Waals surface area contributed by atoms with Crippen LogP contribution in [-0.4, -0.2) is 34.9 Å². The van der Waals surface area contributed by atoms with Crippen molar-refractivity contribution in [2.24, 2.45) is 0 Å². The first kappa shape index (κ1) is 17.1. The van der Waals surface area contributed by atoms with Gasteiger partial charge in [0.1, 0.15) is 0 Å². The Morgan fingerprint density at radius 1 is 1.33 bits per heavy atom. The average Bonchev–Trinajstić information content (AvgIpc) is 2.36. The molecule has 0 aliphatic carbocycles. The van der Waals surface area contributed by atoms with Gasteiger partial charge in [0.25, 0.3) is 0 Å². The molecule has 0 saturated heterocycles. The van der Waals surface area contributed by atoms with Crippen LogP contribution in [-0.2, 0) is 11.0 Å². The highest BCUT2D eigenvalue weighted by atomic mass is 35.5. The van der Waals surface area contributed by atoms with Crippen molar-refractivity contribution in [3.8, 4) is 0 Å². The van der Waals surface area contributed by atoms with Crippen molar-refractivity contribution in [2.45, 2.75) is 12.2 Å². The van der Waals surface area contributed by atoms with Crippen LogP contribution in [0.25, 0.3) is 0 Å². The van der Waals surface area contributed by atoms with E-state index in [0.717, 1.165) is 12.1 Å². The zero-order valence-corrected chi connectivity index (χ0v) is 11.0. The average molecular weight is 327 g/mol. The summed E-state index contributed by atoms with van der Waals surface area (Å²) in [7, 11) is 0. The molecule has 0 saturated carbocycles. The van der Waals surface area contributed by atoms with Crippen molar-refractivity contribution in [3.05, 3.63) is 28.8 Å². The quantitative estimate of drug-likeness (QED) is 0.679. The van der Waals surface area contributed by atoms with Crippen LogP contribution in [0.5, 0.6) is 0 Å². The summed E-state index contributed by atoms with van der Waals surface area (Å²) >= 11 is 5.47. The summed E-state index contributed by atoms with van der Waals surface area (Å²) < 4.78 is 38.3. The first-order valence-corrected chi connectivity index (χ1v) is 5.81. The van der Waals surface area contributed by atoms with E-state index in [1.807, 2.05) is 10.6 Å². The Morgan fingerprint density at radius 3 is 2.43 bits per heavy atom. The van der Waals surface area contributed by atoms with E-state index in [1.54, 1.807) is 0 Å². The molecule has 2 amide bonds. The van der Waals surface area contributed by atoms with Gasteiger partial charge in [-0.05, 0) is 18.2 Å². The summed E-state index contributed by atoms with van der Waals surface area (Å²) in [4.78, 5) is 22.0. The minimum Gasteiger partial charge on any atom is -0.480 e. The van der Waals surface area contributed by atoms with E-state index in [9.17, 15) is 22.8 Å². The summed E-state index contributed by atoms with van der Waals surface area (Å²) in [5, 5.41) is 20.8. The fourth-order valence-corrected chi connectivity index (χ4v) is 1.53. The van der Waals surface area contributed by atoms with Gasteiger partial charge in [-0.3, -0.25) is 0 Å². The largest absolute Gasteiger partial charge is 0.480 e. The van der Waals surface area contributed by atoms with E-state index in [-0.39, 0.29) is 5.02 Å². The number of anilines is 1. The van der Waals surface area contributed by atoms with Gasteiger partial charge >= 0.3 is 18.2 Å². The fourth-order valence-electron chi connectivity index (χ4n) is 1.36. The zero-order valence-electron chi connectivity index (χ0n) is 10.2. The van der Waals surface area contributed by atoms with Crippen LogP contribution in [0.3, 0.4) is 0 Å². The van der Waals surface area contributed by atoms with Crippen molar-refractivity contribution in [2.75, 3.05) is 11.9 Å². The molecule has 1 rings (SSSR count). The lowest BCUT2D eigenvalue weighted by Crippen LogP contribution is -2.45. The number of carboxylic acids is 1. The first-order valence-electron chi connectivity index (χ1n) is 5.43. The van der Waals surface area contributed by atoms with Gasteiger partial charge in [-0.2, -0.15) is 13.2 Å². The second kappa shape index (κ2) is 6.64. The number of hydrogen-bond acceptors (Lipinski definition) is 3. The van der Waals surface area contributed by atoms with Crippen LogP contribution in [0.15, 0.2) is 18.2 Å². The van der Waals surface area contributed by atoms with Crippen LogP contribution >= 0.6 is 11.6 Å². The normalized spacial score (nSPS) is 12.6. The molecule has 21 heavy (non-hydrogen) atoms. The molecule has 0 bridgehead atoms. The smallest absolute Gasteiger partial charge is 0.418 e. The Balaban J connectivity index is 2.93. The van der Waals surface area contributed by atoms with Gasteiger partial charge in [0.2, 0.25) is 0 Å². The second-order valence-corrected chi connectivity index (χ2v) is 4.30. The van der Waals surface area contributed by atoms with Gasteiger partial charge in [0, 0.05) is 5.02 Å². The third-order valence-electron chi connectivity index (χ3n) is 2.32. The number of amides is 2. The maximum Gasteiger partial charge on any atom is 0.418 e. The Morgan fingerprint density at radius 2 is 1.95 bits per heavy atom. The van der Waals surface area contributed by atoms with Crippen LogP contribution in [0, 0.1) is 0 Å². The standard InChI is InChI=1S/C11H10ClF3N2O4/c12-5-1-2-7(6(3-5)11(13,14)15)16-10(21)17-8(4-18)9(19)20/h1-3,8,18H,4H2,(H,19,20)(H2,16,17,21)/t8-/m0/s1. The summed E-state index contributed by atoms with van der Waals surface area (Å²) in [6, 6.07) is -0.152. The second-order valence-electron chi connectivity index (χ2n) is 3.86. The van der Waals surface area contributed by atoms with Crippen molar-refractivity contribution in [1.29, 1.82) is 0 Å².